The maximum atomic E-state index is 5.78. The average Bonchev–Trinajstić information content (AvgIpc) is 2.25. The van der Waals surface area contributed by atoms with Crippen molar-refractivity contribution < 1.29 is 14.2 Å². The predicted molar refractivity (Wildman–Crippen MR) is 55.5 cm³/mol. The first kappa shape index (κ1) is 12.0. The molecule has 0 saturated carbocycles. The first-order valence-corrected chi connectivity index (χ1v) is 5.59. The van der Waals surface area contributed by atoms with E-state index < -0.39 is 0 Å². The van der Waals surface area contributed by atoms with Crippen LogP contribution in [-0.4, -0.2) is 39.1 Å². The third-order valence-electron chi connectivity index (χ3n) is 2.63. The zero-order chi connectivity index (χ0) is 10.2. The number of hydrogen-bond acceptors (Lipinski definition) is 3. The summed E-state index contributed by atoms with van der Waals surface area (Å²) in [7, 11) is 1.76. The molecule has 0 radical (unpaired) electrons. The molecule has 1 atom stereocenters. The predicted octanol–water partition coefficient (Wildman–Crippen LogP) is 2.00. The van der Waals surface area contributed by atoms with Gasteiger partial charge in [-0.05, 0) is 19.3 Å². The van der Waals surface area contributed by atoms with Crippen LogP contribution in [0.5, 0.6) is 0 Å². The number of rotatable bonds is 6. The van der Waals surface area contributed by atoms with Gasteiger partial charge in [0.25, 0.3) is 0 Å². The van der Waals surface area contributed by atoms with Gasteiger partial charge < -0.3 is 14.2 Å². The minimum absolute atomic E-state index is 0.267. The van der Waals surface area contributed by atoms with E-state index in [1.807, 2.05) is 0 Å². The molecule has 84 valence electrons. The van der Waals surface area contributed by atoms with Crippen LogP contribution < -0.4 is 0 Å². The van der Waals surface area contributed by atoms with E-state index in [2.05, 4.69) is 6.92 Å². The molecule has 1 fully saturated rings. The van der Waals surface area contributed by atoms with Crippen LogP contribution in [0.3, 0.4) is 0 Å². The summed E-state index contributed by atoms with van der Waals surface area (Å²) < 4.78 is 16.4. The van der Waals surface area contributed by atoms with Crippen LogP contribution in [0.25, 0.3) is 0 Å². The first-order valence-electron chi connectivity index (χ1n) is 5.59. The van der Waals surface area contributed by atoms with Crippen molar-refractivity contribution in [1.82, 2.24) is 0 Å². The first-order chi connectivity index (χ1) is 6.86. The van der Waals surface area contributed by atoms with Crippen LogP contribution in [-0.2, 0) is 14.2 Å². The standard InChI is InChI=1S/C11H22O3/c1-3-4-11(12-2)9-14-10-5-7-13-8-6-10/h10-11H,3-9H2,1-2H3. The van der Waals surface area contributed by atoms with Crippen LogP contribution in [0.1, 0.15) is 32.6 Å². The molecule has 3 heteroatoms. The molecule has 1 rings (SSSR count). The minimum Gasteiger partial charge on any atom is -0.381 e. The Morgan fingerprint density at radius 1 is 1.36 bits per heavy atom. The summed E-state index contributed by atoms with van der Waals surface area (Å²) in [5.74, 6) is 0. The van der Waals surface area contributed by atoms with E-state index in [1.54, 1.807) is 7.11 Å². The smallest absolute Gasteiger partial charge is 0.0804 e. The third kappa shape index (κ3) is 4.40. The molecular weight excluding hydrogens is 180 g/mol. The van der Waals surface area contributed by atoms with Gasteiger partial charge in [-0.3, -0.25) is 0 Å². The highest BCUT2D eigenvalue weighted by atomic mass is 16.5. The summed E-state index contributed by atoms with van der Waals surface area (Å²) in [5, 5.41) is 0. The summed E-state index contributed by atoms with van der Waals surface area (Å²) in [6.07, 6.45) is 4.95. The molecule has 1 heterocycles. The van der Waals surface area contributed by atoms with Crippen molar-refractivity contribution in [2.24, 2.45) is 0 Å². The van der Waals surface area contributed by atoms with Crippen LogP contribution in [0, 0.1) is 0 Å². The topological polar surface area (TPSA) is 27.7 Å². The molecule has 0 aromatic rings. The SMILES string of the molecule is CCCC(COC1CCOCC1)OC. The normalized spacial score (nSPS) is 21.0. The minimum atomic E-state index is 0.267. The maximum absolute atomic E-state index is 5.78. The van der Waals surface area contributed by atoms with Crippen LogP contribution in [0.15, 0.2) is 0 Å². The lowest BCUT2D eigenvalue weighted by Gasteiger charge is -2.24. The molecule has 0 aliphatic carbocycles. The Labute approximate surface area is 86.7 Å². The van der Waals surface area contributed by atoms with Crippen molar-refractivity contribution in [3.05, 3.63) is 0 Å². The second kappa shape index (κ2) is 7.21. The molecule has 14 heavy (non-hydrogen) atoms. The molecule has 0 bridgehead atoms. The summed E-state index contributed by atoms with van der Waals surface area (Å²) in [6, 6.07) is 0. The Bertz CT molecular complexity index is 128. The van der Waals surface area contributed by atoms with Gasteiger partial charge in [-0.25, -0.2) is 0 Å². The summed E-state index contributed by atoms with van der Waals surface area (Å²) >= 11 is 0. The fourth-order valence-corrected chi connectivity index (χ4v) is 1.68. The van der Waals surface area contributed by atoms with E-state index in [-0.39, 0.29) is 6.10 Å². The van der Waals surface area contributed by atoms with Gasteiger partial charge in [-0.1, -0.05) is 13.3 Å². The number of ether oxygens (including phenoxy) is 3. The zero-order valence-corrected chi connectivity index (χ0v) is 9.33. The molecule has 1 aliphatic heterocycles. The van der Waals surface area contributed by atoms with Gasteiger partial charge in [0.15, 0.2) is 0 Å². The highest BCUT2D eigenvalue weighted by molar-refractivity contribution is 4.64. The third-order valence-corrected chi connectivity index (χ3v) is 2.63. The fraction of sp³-hybridized carbons (Fsp3) is 1.00. The summed E-state index contributed by atoms with van der Waals surface area (Å²) in [5.41, 5.74) is 0. The molecule has 0 aromatic carbocycles. The quantitative estimate of drug-likeness (QED) is 0.659. The molecule has 1 unspecified atom stereocenters. The van der Waals surface area contributed by atoms with Gasteiger partial charge in [0.05, 0.1) is 18.8 Å². The lowest BCUT2D eigenvalue weighted by atomic mass is 10.1. The zero-order valence-electron chi connectivity index (χ0n) is 9.33. The van der Waals surface area contributed by atoms with E-state index in [4.69, 9.17) is 14.2 Å². The van der Waals surface area contributed by atoms with Crippen molar-refractivity contribution >= 4 is 0 Å². The molecular formula is C11H22O3. The molecule has 0 N–H and O–H groups in total. The highest BCUT2D eigenvalue weighted by Gasteiger charge is 2.16. The Kier molecular flexibility index (Phi) is 6.15. The van der Waals surface area contributed by atoms with E-state index in [9.17, 15) is 0 Å². The van der Waals surface area contributed by atoms with Gasteiger partial charge in [-0.2, -0.15) is 0 Å². The Morgan fingerprint density at radius 2 is 2.07 bits per heavy atom. The maximum Gasteiger partial charge on any atom is 0.0804 e. The molecule has 3 nitrogen and oxygen atoms in total. The van der Waals surface area contributed by atoms with E-state index in [0.29, 0.717) is 6.10 Å². The van der Waals surface area contributed by atoms with Crippen LogP contribution in [0.4, 0.5) is 0 Å². The molecule has 1 saturated heterocycles. The van der Waals surface area contributed by atoms with Crippen molar-refractivity contribution in [2.45, 2.75) is 44.8 Å². The molecule has 1 aliphatic rings. The van der Waals surface area contributed by atoms with Gasteiger partial charge in [-0.15, -0.1) is 0 Å². The van der Waals surface area contributed by atoms with Crippen LogP contribution in [0.2, 0.25) is 0 Å². The second-order valence-electron chi connectivity index (χ2n) is 3.79. The van der Waals surface area contributed by atoms with E-state index in [1.165, 1.54) is 0 Å². The van der Waals surface area contributed by atoms with E-state index in [0.717, 1.165) is 45.5 Å². The van der Waals surface area contributed by atoms with Gasteiger partial charge in [0, 0.05) is 20.3 Å². The van der Waals surface area contributed by atoms with E-state index >= 15 is 0 Å². The highest BCUT2D eigenvalue weighted by Crippen LogP contribution is 2.12. The van der Waals surface area contributed by atoms with Crippen molar-refractivity contribution in [1.29, 1.82) is 0 Å². The second-order valence-corrected chi connectivity index (χ2v) is 3.79. The number of methoxy groups -OCH3 is 1. The average molecular weight is 202 g/mol. The molecule has 0 amide bonds. The van der Waals surface area contributed by atoms with Crippen molar-refractivity contribution in [3.63, 3.8) is 0 Å². The largest absolute Gasteiger partial charge is 0.381 e. The van der Waals surface area contributed by atoms with Gasteiger partial charge in [0.2, 0.25) is 0 Å². The lowest BCUT2D eigenvalue weighted by Crippen LogP contribution is -2.28. The van der Waals surface area contributed by atoms with Crippen molar-refractivity contribution in [3.8, 4) is 0 Å². The molecule has 0 aromatic heterocycles. The Morgan fingerprint density at radius 3 is 2.64 bits per heavy atom. The van der Waals surface area contributed by atoms with Crippen molar-refractivity contribution in [2.75, 3.05) is 26.9 Å². The van der Waals surface area contributed by atoms with Crippen LogP contribution >= 0.6 is 0 Å². The monoisotopic (exact) mass is 202 g/mol. The summed E-state index contributed by atoms with van der Waals surface area (Å²) in [4.78, 5) is 0. The Hall–Kier alpha value is -0.120. The lowest BCUT2D eigenvalue weighted by molar-refractivity contribution is -0.0689. The number of hydrogen-bond donors (Lipinski definition) is 0. The molecule has 0 spiro atoms. The Balaban J connectivity index is 2.10. The fourth-order valence-electron chi connectivity index (χ4n) is 1.68. The summed E-state index contributed by atoms with van der Waals surface area (Å²) in [6.45, 7) is 4.58. The van der Waals surface area contributed by atoms with Gasteiger partial charge >= 0.3 is 0 Å². The van der Waals surface area contributed by atoms with Gasteiger partial charge in [0.1, 0.15) is 0 Å².